The third-order valence-corrected chi connectivity index (χ3v) is 9.79. The van der Waals surface area contributed by atoms with E-state index in [-0.39, 0.29) is 12.5 Å². The smallest absolute Gasteiger partial charge is 0.220 e. The molecule has 0 saturated heterocycles. The third-order valence-electron chi connectivity index (χ3n) is 9.79. The molecule has 0 radical (unpaired) electrons. The van der Waals surface area contributed by atoms with E-state index in [9.17, 15) is 20.1 Å². The summed E-state index contributed by atoms with van der Waals surface area (Å²) in [5.74, 6) is -0.157. The quantitative estimate of drug-likeness (QED) is 0.0387. The lowest BCUT2D eigenvalue weighted by Crippen LogP contribution is -2.50. The van der Waals surface area contributed by atoms with Gasteiger partial charge in [-0.1, -0.05) is 186 Å². The summed E-state index contributed by atoms with van der Waals surface area (Å²) in [6.45, 7) is 4.16. The summed E-state index contributed by atoms with van der Waals surface area (Å²) in [6.07, 6.45) is 45.6. The molecule has 0 spiro atoms. The molecule has 0 saturated carbocycles. The summed E-state index contributed by atoms with van der Waals surface area (Å²) in [4.78, 5) is 12.4. The van der Waals surface area contributed by atoms with E-state index in [0.717, 1.165) is 44.9 Å². The van der Waals surface area contributed by atoms with Gasteiger partial charge >= 0.3 is 0 Å². The molecule has 0 fully saturated rings. The van der Waals surface area contributed by atoms with Gasteiger partial charge in [0.1, 0.15) is 6.10 Å². The van der Waals surface area contributed by atoms with Crippen LogP contribution in [-0.2, 0) is 4.79 Å². The topological polar surface area (TPSA) is 89.8 Å². The number of carbonyl (C=O) groups excluding carboxylic acids is 1. The molecule has 48 heavy (non-hydrogen) atoms. The summed E-state index contributed by atoms with van der Waals surface area (Å²) >= 11 is 0. The molecule has 4 N–H and O–H groups in total. The predicted molar refractivity (Wildman–Crippen MR) is 208 cm³/mol. The second-order valence-electron chi connectivity index (χ2n) is 14.5. The number of allylic oxidation sites excluding steroid dienone is 4. The molecule has 0 bridgehead atoms. The van der Waals surface area contributed by atoms with E-state index in [2.05, 4.69) is 43.5 Å². The van der Waals surface area contributed by atoms with Crippen LogP contribution < -0.4 is 5.32 Å². The van der Waals surface area contributed by atoms with Crippen LogP contribution in [0.15, 0.2) is 24.3 Å². The van der Waals surface area contributed by atoms with Gasteiger partial charge in [-0.2, -0.15) is 0 Å². The Bertz CT molecular complexity index is 709. The maximum atomic E-state index is 12.4. The summed E-state index contributed by atoms with van der Waals surface area (Å²) in [6, 6.07) is -0.827. The number of hydrogen-bond acceptors (Lipinski definition) is 4. The van der Waals surface area contributed by atoms with Crippen LogP contribution in [0.3, 0.4) is 0 Å². The average Bonchev–Trinajstić information content (AvgIpc) is 3.09. The number of rotatable bonds is 38. The molecule has 0 aliphatic heterocycles. The van der Waals surface area contributed by atoms with Crippen molar-refractivity contribution in [1.82, 2.24) is 5.32 Å². The summed E-state index contributed by atoms with van der Waals surface area (Å²) in [5, 5.41) is 33.5. The largest absolute Gasteiger partial charge is 0.394 e. The molecule has 0 aromatic rings. The summed E-state index contributed by atoms with van der Waals surface area (Å²) in [5.41, 5.74) is 0. The zero-order chi connectivity index (χ0) is 35.2. The Balaban J connectivity index is 3.70. The first-order chi connectivity index (χ1) is 23.6. The van der Waals surface area contributed by atoms with E-state index in [0.29, 0.717) is 12.8 Å². The SMILES string of the molecule is CCCCCCCCCCC/C=C/CC/C=C/CCCC(O)C(O)C(CO)NC(=O)CCCCCCCCCCCCCCCCCC. The maximum absolute atomic E-state index is 12.4. The fourth-order valence-corrected chi connectivity index (χ4v) is 6.47. The lowest BCUT2D eigenvalue weighted by atomic mass is 10.0. The highest BCUT2D eigenvalue weighted by molar-refractivity contribution is 5.76. The first-order valence-corrected chi connectivity index (χ1v) is 21.1. The first kappa shape index (κ1) is 46.8. The molecule has 1 amide bonds. The number of carbonyl (C=O) groups is 1. The van der Waals surface area contributed by atoms with Gasteiger partial charge in [0.15, 0.2) is 0 Å². The van der Waals surface area contributed by atoms with Gasteiger partial charge in [-0.3, -0.25) is 4.79 Å². The van der Waals surface area contributed by atoms with Crippen LogP contribution in [0.25, 0.3) is 0 Å². The molecule has 0 aliphatic carbocycles. The molecular formula is C43H83NO4. The highest BCUT2D eigenvalue weighted by atomic mass is 16.3. The molecule has 3 unspecified atom stereocenters. The number of unbranched alkanes of at least 4 members (excludes halogenated alkanes) is 26. The van der Waals surface area contributed by atoms with Gasteiger partial charge in [-0.25, -0.2) is 0 Å². The molecule has 0 aromatic heterocycles. The Labute approximate surface area is 299 Å². The van der Waals surface area contributed by atoms with E-state index in [4.69, 9.17) is 0 Å². The highest BCUT2D eigenvalue weighted by Gasteiger charge is 2.26. The summed E-state index contributed by atoms with van der Waals surface area (Å²) in [7, 11) is 0. The lowest BCUT2D eigenvalue weighted by molar-refractivity contribution is -0.124. The van der Waals surface area contributed by atoms with Crippen molar-refractivity contribution < 1.29 is 20.1 Å². The van der Waals surface area contributed by atoms with Gasteiger partial charge in [0.2, 0.25) is 5.91 Å². The van der Waals surface area contributed by atoms with E-state index in [1.807, 2.05) is 0 Å². The Morgan fingerprint density at radius 3 is 1.27 bits per heavy atom. The van der Waals surface area contributed by atoms with E-state index < -0.39 is 18.2 Å². The van der Waals surface area contributed by atoms with Crippen molar-refractivity contribution in [2.75, 3.05) is 6.61 Å². The van der Waals surface area contributed by atoms with Crippen LogP contribution in [0, 0.1) is 0 Å². The van der Waals surface area contributed by atoms with Crippen molar-refractivity contribution in [2.45, 2.75) is 238 Å². The van der Waals surface area contributed by atoms with E-state index >= 15 is 0 Å². The zero-order valence-corrected chi connectivity index (χ0v) is 32.1. The molecule has 5 nitrogen and oxygen atoms in total. The van der Waals surface area contributed by atoms with Crippen molar-refractivity contribution in [2.24, 2.45) is 0 Å². The van der Waals surface area contributed by atoms with Gasteiger partial charge in [0, 0.05) is 6.42 Å². The second-order valence-corrected chi connectivity index (χ2v) is 14.5. The van der Waals surface area contributed by atoms with Crippen LogP contribution in [0.4, 0.5) is 0 Å². The standard InChI is InChI=1S/C43H83NO4/c1-3-5-7-9-11-13-15-17-19-21-22-23-25-27-29-31-33-35-37-41(46)43(48)40(39-45)44-42(47)38-36-34-32-30-28-26-24-20-18-16-14-12-10-8-6-4-2/h22-23,29,31,40-41,43,45-46,48H,3-21,24-28,30,32-39H2,1-2H3,(H,44,47)/b23-22+,31-29+. The molecule has 0 rings (SSSR count). The van der Waals surface area contributed by atoms with Crippen molar-refractivity contribution in [3.05, 3.63) is 24.3 Å². The molecule has 5 heteroatoms. The van der Waals surface area contributed by atoms with Crippen LogP contribution in [-0.4, -0.2) is 46.1 Å². The van der Waals surface area contributed by atoms with Crippen LogP contribution in [0.2, 0.25) is 0 Å². The fourth-order valence-electron chi connectivity index (χ4n) is 6.47. The molecule has 0 aliphatic rings. The highest BCUT2D eigenvalue weighted by Crippen LogP contribution is 2.15. The monoisotopic (exact) mass is 678 g/mol. The Kier molecular flexibility index (Phi) is 37.7. The molecule has 0 aromatic carbocycles. The predicted octanol–water partition coefficient (Wildman–Crippen LogP) is 11.8. The van der Waals surface area contributed by atoms with Crippen LogP contribution in [0.1, 0.15) is 219 Å². The number of nitrogens with one attached hydrogen (secondary N) is 1. The Morgan fingerprint density at radius 1 is 0.500 bits per heavy atom. The minimum Gasteiger partial charge on any atom is -0.394 e. The fraction of sp³-hybridized carbons (Fsp3) is 0.884. The van der Waals surface area contributed by atoms with E-state index in [1.54, 1.807) is 0 Å². The third kappa shape index (κ3) is 33.3. The van der Waals surface area contributed by atoms with Gasteiger partial charge in [-0.05, 0) is 51.4 Å². The number of aliphatic hydroxyl groups excluding tert-OH is 3. The Morgan fingerprint density at radius 2 is 0.854 bits per heavy atom. The molecule has 3 atom stereocenters. The second kappa shape index (κ2) is 38.6. The van der Waals surface area contributed by atoms with Crippen molar-refractivity contribution in [1.29, 1.82) is 0 Å². The van der Waals surface area contributed by atoms with Gasteiger partial charge in [0.05, 0.1) is 18.8 Å². The number of hydrogen-bond donors (Lipinski definition) is 4. The normalized spacial score (nSPS) is 13.9. The zero-order valence-electron chi connectivity index (χ0n) is 32.1. The van der Waals surface area contributed by atoms with Crippen LogP contribution in [0.5, 0.6) is 0 Å². The van der Waals surface area contributed by atoms with Crippen molar-refractivity contribution >= 4 is 5.91 Å². The van der Waals surface area contributed by atoms with Gasteiger partial charge in [-0.15, -0.1) is 0 Å². The first-order valence-electron chi connectivity index (χ1n) is 21.1. The molecule has 284 valence electrons. The van der Waals surface area contributed by atoms with Crippen molar-refractivity contribution in [3.8, 4) is 0 Å². The minimum atomic E-state index is -1.16. The molecule has 0 heterocycles. The van der Waals surface area contributed by atoms with Crippen LogP contribution >= 0.6 is 0 Å². The summed E-state index contributed by atoms with van der Waals surface area (Å²) < 4.78 is 0. The van der Waals surface area contributed by atoms with E-state index in [1.165, 1.54) is 148 Å². The number of amides is 1. The maximum Gasteiger partial charge on any atom is 0.220 e. The average molecular weight is 678 g/mol. The minimum absolute atomic E-state index is 0.157. The lowest BCUT2D eigenvalue weighted by Gasteiger charge is -2.26. The van der Waals surface area contributed by atoms with Gasteiger partial charge < -0.3 is 20.6 Å². The van der Waals surface area contributed by atoms with Gasteiger partial charge in [0.25, 0.3) is 0 Å². The number of aliphatic hydroxyl groups is 3. The Hall–Kier alpha value is -1.17. The van der Waals surface area contributed by atoms with Crippen molar-refractivity contribution in [3.63, 3.8) is 0 Å². The molecular weight excluding hydrogens is 594 g/mol.